The van der Waals surface area contributed by atoms with Crippen molar-refractivity contribution in [1.29, 1.82) is 0 Å². The van der Waals surface area contributed by atoms with Crippen LogP contribution >= 0.6 is 0 Å². The first-order chi connectivity index (χ1) is 30.5. The smallest absolute Gasteiger partial charge is 0.338 e. The van der Waals surface area contributed by atoms with Gasteiger partial charge in [-0.25, -0.2) is 27.6 Å². The van der Waals surface area contributed by atoms with Crippen molar-refractivity contribution in [1.82, 2.24) is 0 Å². The highest BCUT2D eigenvalue weighted by molar-refractivity contribution is 6.16. The maximum atomic E-state index is 13.2. The van der Waals surface area contributed by atoms with Gasteiger partial charge in [-0.3, -0.25) is 0 Å². The first-order valence-corrected chi connectivity index (χ1v) is 22.2. The highest BCUT2D eigenvalue weighted by atomic mass is 19.1. The first-order valence-electron chi connectivity index (χ1n) is 22.2. The molecule has 0 saturated heterocycles. The van der Waals surface area contributed by atoms with Gasteiger partial charge in [0.15, 0.2) is 6.29 Å². The molecule has 3 rings (SSSR count). The summed E-state index contributed by atoms with van der Waals surface area (Å²) >= 11 is 0. The molecule has 344 valence electrons. The standard InChI is InChI=1S/C51H65F3O9/c1-39(42-19-25-45(52)26-20-42)49(55)61-35-16-10-4-7-13-32-58-38-31-48(59-33-14-8-5-11-17-36-62-50(56)40(2)43-21-27-46(53)28-22-43)60-34-15-9-6-12-18-37-63-51(57)41(3)44-23-29-47(54)30-24-44/h19-30,48H,1-18,31-38H2. The van der Waals surface area contributed by atoms with Gasteiger partial charge in [0.25, 0.3) is 0 Å². The van der Waals surface area contributed by atoms with E-state index in [1.807, 2.05) is 0 Å². The fourth-order valence-electron chi connectivity index (χ4n) is 6.29. The molecule has 0 atom stereocenters. The molecule has 0 fully saturated rings. The second-order valence-corrected chi connectivity index (χ2v) is 15.2. The Morgan fingerprint density at radius 3 is 0.968 bits per heavy atom. The number of unbranched alkanes of at least 4 members (excludes halogenated alkanes) is 12. The number of benzene rings is 3. The van der Waals surface area contributed by atoms with E-state index < -0.39 is 17.9 Å². The largest absolute Gasteiger partial charge is 0.462 e. The third kappa shape index (κ3) is 22.8. The predicted molar refractivity (Wildman–Crippen MR) is 240 cm³/mol. The summed E-state index contributed by atoms with van der Waals surface area (Å²) in [6.07, 6.45) is 13.7. The van der Waals surface area contributed by atoms with Crippen molar-refractivity contribution in [3.05, 3.63) is 127 Å². The minimum Gasteiger partial charge on any atom is -0.462 e. The molecule has 0 aliphatic heterocycles. The molecule has 63 heavy (non-hydrogen) atoms. The van der Waals surface area contributed by atoms with Crippen LogP contribution in [0.25, 0.3) is 16.7 Å². The van der Waals surface area contributed by atoms with Crippen LogP contribution in [0.1, 0.15) is 119 Å². The second kappa shape index (κ2) is 31.7. The lowest BCUT2D eigenvalue weighted by Crippen LogP contribution is -2.21. The summed E-state index contributed by atoms with van der Waals surface area (Å²) in [4.78, 5) is 36.8. The van der Waals surface area contributed by atoms with Crippen LogP contribution in [0.2, 0.25) is 0 Å². The van der Waals surface area contributed by atoms with Crippen LogP contribution in [-0.2, 0) is 42.8 Å². The quantitative estimate of drug-likeness (QED) is 0.0188. The second-order valence-electron chi connectivity index (χ2n) is 15.2. The number of carbonyl (C=O) groups is 3. The maximum Gasteiger partial charge on any atom is 0.338 e. The van der Waals surface area contributed by atoms with Gasteiger partial charge in [-0.1, -0.05) is 114 Å². The summed E-state index contributed by atoms with van der Waals surface area (Å²) in [5.41, 5.74) is 2.23. The fourth-order valence-corrected chi connectivity index (χ4v) is 6.29. The third-order valence-corrected chi connectivity index (χ3v) is 10.1. The van der Waals surface area contributed by atoms with Gasteiger partial charge in [0.1, 0.15) is 17.5 Å². The molecule has 0 unspecified atom stereocenters. The maximum absolute atomic E-state index is 13.2. The van der Waals surface area contributed by atoms with Crippen molar-refractivity contribution in [3.63, 3.8) is 0 Å². The van der Waals surface area contributed by atoms with Gasteiger partial charge in [0.2, 0.25) is 0 Å². The zero-order valence-electron chi connectivity index (χ0n) is 36.7. The molecule has 3 aromatic carbocycles. The van der Waals surface area contributed by atoms with Gasteiger partial charge in [-0.05, 0) is 91.6 Å². The van der Waals surface area contributed by atoms with Gasteiger partial charge >= 0.3 is 17.9 Å². The molecular weight excluding hydrogens is 814 g/mol. The molecule has 0 aliphatic carbocycles. The Morgan fingerprint density at radius 1 is 0.381 bits per heavy atom. The Labute approximate surface area is 371 Å². The Morgan fingerprint density at radius 2 is 0.651 bits per heavy atom. The summed E-state index contributed by atoms with van der Waals surface area (Å²) in [6, 6.07) is 16.7. The van der Waals surface area contributed by atoms with Crippen LogP contribution in [-0.4, -0.2) is 70.4 Å². The van der Waals surface area contributed by atoms with E-state index in [2.05, 4.69) is 19.7 Å². The normalized spacial score (nSPS) is 11.0. The van der Waals surface area contributed by atoms with Crippen molar-refractivity contribution < 1.29 is 56.0 Å². The number of esters is 3. The molecule has 0 amide bonds. The van der Waals surface area contributed by atoms with Gasteiger partial charge in [0.05, 0.1) is 43.1 Å². The molecule has 9 nitrogen and oxygen atoms in total. The summed E-state index contributed by atoms with van der Waals surface area (Å²) in [7, 11) is 0. The monoisotopic (exact) mass is 878 g/mol. The molecular formula is C51H65F3O9. The highest BCUT2D eigenvalue weighted by Gasteiger charge is 2.14. The summed E-state index contributed by atoms with van der Waals surface area (Å²) in [6.45, 7) is 14.4. The van der Waals surface area contributed by atoms with Crippen LogP contribution < -0.4 is 0 Å². The number of halogens is 3. The van der Waals surface area contributed by atoms with Crippen LogP contribution in [0.4, 0.5) is 13.2 Å². The van der Waals surface area contributed by atoms with E-state index >= 15 is 0 Å². The third-order valence-electron chi connectivity index (χ3n) is 10.1. The summed E-state index contributed by atoms with van der Waals surface area (Å²) < 4.78 is 73.6. The van der Waals surface area contributed by atoms with E-state index in [9.17, 15) is 27.6 Å². The Kier molecular flexibility index (Phi) is 26.4. The van der Waals surface area contributed by atoms with E-state index in [4.69, 9.17) is 28.4 Å². The zero-order chi connectivity index (χ0) is 45.5. The van der Waals surface area contributed by atoms with Crippen molar-refractivity contribution in [3.8, 4) is 0 Å². The number of hydrogen-bond donors (Lipinski definition) is 0. The van der Waals surface area contributed by atoms with Crippen molar-refractivity contribution >= 4 is 34.6 Å². The van der Waals surface area contributed by atoms with Crippen LogP contribution in [0.15, 0.2) is 92.5 Å². The molecule has 0 N–H and O–H groups in total. The molecule has 0 radical (unpaired) electrons. The molecule has 0 bridgehead atoms. The van der Waals surface area contributed by atoms with Crippen molar-refractivity contribution in [2.24, 2.45) is 0 Å². The first kappa shape index (κ1) is 52.3. The molecule has 0 aromatic heterocycles. The van der Waals surface area contributed by atoms with Gasteiger partial charge in [-0.15, -0.1) is 0 Å². The average molecular weight is 879 g/mol. The number of ether oxygens (including phenoxy) is 6. The van der Waals surface area contributed by atoms with E-state index in [1.54, 1.807) is 0 Å². The van der Waals surface area contributed by atoms with E-state index in [1.165, 1.54) is 72.8 Å². The molecule has 0 aliphatic rings. The van der Waals surface area contributed by atoms with Gasteiger partial charge < -0.3 is 28.4 Å². The lowest BCUT2D eigenvalue weighted by molar-refractivity contribution is -0.154. The van der Waals surface area contributed by atoms with Gasteiger partial charge in [0, 0.05) is 26.2 Å². The SMILES string of the molecule is C=C(C(=O)OCCCCCCCOCCC(OCCCCCCCOC(=O)C(=C)c1ccc(F)cc1)OCCCCCCCOC(=O)C(=C)c1ccc(F)cc1)c1ccc(F)cc1. The molecule has 0 spiro atoms. The Hall–Kier alpha value is -5.04. The molecule has 12 heteroatoms. The Balaban J connectivity index is 1.24. The Bertz CT molecular complexity index is 1720. The zero-order valence-corrected chi connectivity index (χ0v) is 36.7. The van der Waals surface area contributed by atoms with Crippen LogP contribution in [0.3, 0.4) is 0 Å². The number of rotatable bonds is 35. The van der Waals surface area contributed by atoms with E-state index in [0.717, 1.165) is 96.3 Å². The predicted octanol–water partition coefficient (Wildman–Crippen LogP) is 11.8. The van der Waals surface area contributed by atoms with Crippen LogP contribution in [0.5, 0.6) is 0 Å². The number of hydrogen-bond acceptors (Lipinski definition) is 9. The average Bonchev–Trinajstić information content (AvgIpc) is 3.29. The highest BCUT2D eigenvalue weighted by Crippen LogP contribution is 2.18. The minimum absolute atomic E-state index is 0.205. The summed E-state index contributed by atoms with van der Waals surface area (Å²) in [5.74, 6) is -2.64. The molecule has 0 heterocycles. The summed E-state index contributed by atoms with van der Waals surface area (Å²) in [5, 5.41) is 0. The van der Waals surface area contributed by atoms with Crippen LogP contribution in [0, 0.1) is 17.5 Å². The van der Waals surface area contributed by atoms with Crippen molar-refractivity contribution in [2.45, 2.75) is 109 Å². The number of carbonyl (C=O) groups excluding carboxylic acids is 3. The minimum atomic E-state index is -0.503. The van der Waals surface area contributed by atoms with Crippen molar-refractivity contribution in [2.75, 3.05) is 46.2 Å². The molecule has 0 saturated carbocycles. The molecule has 3 aromatic rings. The fraction of sp³-hybridized carbons (Fsp3) is 0.471. The van der Waals surface area contributed by atoms with E-state index in [-0.39, 0.29) is 40.5 Å². The lowest BCUT2D eigenvalue weighted by Gasteiger charge is -2.19. The van der Waals surface area contributed by atoms with Gasteiger partial charge in [-0.2, -0.15) is 0 Å². The van der Waals surface area contributed by atoms with E-state index in [0.29, 0.717) is 69.4 Å². The lowest BCUT2D eigenvalue weighted by atomic mass is 10.1. The topological polar surface area (TPSA) is 107 Å².